The van der Waals surface area contributed by atoms with Crippen LogP contribution in [0.15, 0.2) is 48.5 Å². The Morgan fingerprint density at radius 2 is 1.95 bits per heavy atom. The number of anilines is 1. The number of nitro benzene ring substituents is 1. The van der Waals surface area contributed by atoms with Crippen molar-refractivity contribution in [3.63, 3.8) is 0 Å². The summed E-state index contributed by atoms with van der Waals surface area (Å²) < 4.78 is 0. The summed E-state index contributed by atoms with van der Waals surface area (Å²) in [4.78, 5) is 10.7. The Kier molecular flexibility index (Phi) is 4.35. The lowest BCUT2D eigenvalue weighted by Crippen LogP contribution is -2.09. The van der Waals surface area contributed by atoms with Crippen LogP contribution >= 0.6 is 0 Å². The van der Waals surface area contributed by atoms with Gasteiger partial charge in [-0.25, -0.2) is 0 Å². The summed E-state index contributed by atoms with van der Waals surface area (Å²) in [6, 6.07) is 14.8. The highest BCUT2D eigenvalue weighted by Gasteiger charge is 2.17. The van der Waals surface area contributed by atoms with E-state index in [4.69, 9.17) is 0 Å². The third kappa shape index (κ3) is 3.15. The van der Waals surface area contributed by atoms with E-state index in [-0.39, 0.29) is 16.7 Å². The van der Waals surface area contributed by atoms with Crippen molar-refractivity contribution in [1.82, 2.24) is 0 Å². The van der Waals surface area contributed by atoms with Gasteiger partial charge < -0.3 is 5.32 Å². The molecule has 0 aliphatic rings. The summed E-state index contributed by atoms with van der Waals surface area (Å²) in [5.41, 5.74) is 3.07. The normalized spacial score (nSPS) is 11.9. The molecule has 0 heterocycles. The number of para-hydroxylation sites is 1. The summed E-state index contributed by atoms with van der Waals surface area (Å²) in [5.74, 6) is 0. The van der Waals surface area contributed by atoms with Crippen molar-refractivity contribution in [2.45, 2.75) is 26.3 Å². The topological polar surface area (TPSA) is 55.2 Å². The Balaban J connectivity index is 2.23. The van der Waals surface area contributed by atoms with Gasteiger partial charge in [-0.05, 0) is 31.0 Å². The van der Waals surface area contributed by atoms with E-state index in [1.54, 1.807) is 12.1 Å². The molecule has 0 radical (unpaired) electrons. The van der Waals surface area contributed by atoms with Crippen LogP contribution in [0.2, 0.25) is 0 Å². The molecule has 4 nitrogen and oxygen atoms in total. The second-order valence-corrected chi connectivity index (χ2v) is 4.74. The van der Waals surface area contributed by atoms with E-state index < -0.39 is 0 Å². The lowest BCUT2D eigenvalue weighted by molar-refractivity contribution is -0.385. The van der Waals surface area contributed by atoms with Crippen molar-refractivity contribution in [3.8, 4) is 0 Å². The summed E-state index contributed by atoms with van der Waals surface area (Å²) in [5, 5.41) is 14.4. The number of hydrogen-bond acceptors (Lipinski definition) is 3. The Hall–Kier alpha value is -2.36. The number of nitrogens with one attached hydrogen (secondary N) is 1. The molecule has 1 unspecified atom stereocenters. The highest BCUT2D eigenvalue weighted by Crippen LogP contribution is 2.27. The van der Waals surface area contributed by atoms with Crippen LogP contribution in [0.4, 0.5) is 11.4 Å². The maximum Gasteiger partial charge on any atom is 0.274 e. The maximum absolute atomic E-state index is 11.1. The molecule has 104 valence electrons. The van der Waals surface area contributed by atoms with E-state index in [9.17, 15) is 10.1 Å². The molecule has 0 aliphatic carbocycles. The molecular weight excluding hydrogens is 252 g/mol. The first kappa shape index (κ1) is 14.1. The first-order chi connectivity index (χ1) is 9.61. The second-order valence-electron chi connectivity index (χ2n) is 4.74. The van der Waals surface area contributed by atoms with Crippen LogP contribution < -0.4 is 5.32 Å². The molecule has 1 atom stereocenters. The van der Waals surface area contributed by atoms with Crippen LogP contribution in [-0.2, 0) is 6.42 Å². The van der Waals surface area contributed by atoms with Crippen LogP contribution in [0, 0.1) is 10.1 Å². The van der Waals surface area contributed by atoms with Crippen molar-refractivity contribution in [3.05, 3.63) is 69.8 Å². The molecule has 1 N–H and O–H groups in total. The molecule has 4 heteroatoms. The Morgan fingerprint density at radius 1 is 1.20 bits per heavy atom. The molecule has 2 aromatic rings. The number of nitrogens with zero attached hydrogens (tertiary/aromatic N) is 1. The molecule has 0 aliphatic heterocycles. The minimum atomic E-state index is -0.337. The molecule has 0 bridgehead atoms. The van der Waals surface area contributed by atoms with Crippen LogP contribution in [0.1, 0.15) is 31.0 Å². The molecule has 2 aromatic carbocycles. The SMILES string of the molecule is CCc1cccc(NC(C)c2ccccc2[N+](=O)[O-])c1. The van der Waals surface area contributed by atoms with Crippen molar-refractivity contribution in [2.24, 2.45) is 0 Å². The predicted octanol–water partition coefficient (Wildman–Crippen LogP) is 4.33. The van der Waals surface area contributed by atoms with Crippen molar-refractivity contribution in [1.29, 1.82) is 0 Å². The smallest absolute Gasteiger partial charge is 0.274 e. The van der Waals surface area contributed by atoms with Crippen molar-refractivity contribution >= 4 is 11.4 Å². The first-order valence-corrected chi connectivity index (χ1v) is 6.70. The van der Waals surface area contributed by atoms with Gasteiger partial charge in [0.25, 0.3) is 5.69 Å². The van der Waals surface area contributed by atoms with Gasteiger partial charge in [0.05, 0.1) is 16.5 Å². The van der Waals surface area contributed by atoms with E-state index in [1.807, 2.05) is 25.1 Å². The zero-order chi connectivity index (χ0) is 14.5. The number of nitro groups is 1. The zero-order valence-corrected chi connectivity index (χ0v) is 11.7. The third-order valence-corrected chi connectivity index (χ3v) is 3.32. The van der Waals surface area contributed by atoms with Crippen LogP contribution in [-0.4, -0.2) is 4.92 Å². The summed E-state index contributed by atoms with van der Waals surface area (Å²) in [6.07, 6.45) is 0.968. The van der Waals surface area contributed by atoms with E-state index in [0.29, 0.717) is 5.56 Å². The molecule has 0 spiro atoms. The lowest BCUT2D eigenvalue weighted by Gasteiger charge is -2.16. The Labute approximate surface area is 118 Å². The molecule has 0 amide bonds. The van der Waals surface area contributed by atoms with Gasteiger partial charge in [-0.3, -0.25) is 10.1 Å². The largest absolute Gasteiger partial charge is 0.378 e. The van der Waals surface area contributed by atoms with Gasteiger partial charge in [-0.15, -0.1) is 0 Å². The van der Waals surface area contributed by atoms with Crippen LogP contribution in [0.5, 0.6) is 0 Å². The number of rotatable bonds is 5. The summed E-state index contributed by atoms with van der Waals surface area (Å²) >= 11 is 0. The molecular formula is C16H18N2O2. The van der Waals surface area contributed by atoms with Gasteiger partial charge in [-0.1, -0.05) is 37.3 Å². The maximum atomic E-state index is 11.1. The molecule has 0 saturated heterocycles. The molecule has 0 saturated carbocycles. The van der Waals surface area contributed by atoms with E-state index in [1.165, 1.54) is 11.6 Å². The quantitative estimate of drug-likeness (QED) is 0.650. The molecule has 0 fully saturated rings. The molecule has 0 aromatic heterocycles. The minimum absolute atomic E-state index is 0.122. The summed E-state index contributed by atoms with van der Waals surface area (Å²) in [6.45, 7) is 4.03. The van der Waals surface area contributed by atoms with Gasteiger partial charge in [0.2, 0.25) is 0 Å². The zero-order valence-electron chi connectivity index (χ0n) is 11.7. The third-order valence-electron chi connectivity index (χ3n) is 3.32. The number of hydrogen-bond donors (Lipinski definition) is 1. The van der Waals surface area contributed by atoms with Gasteiger partial charge >= 0.3 is 0 Å². The van der Waals surface area contributed by atoms with E-state index >= 15 is 0 Å². The van der Waals surface area contributed by atoms with Gasteiger partial charge in [-0.2, -0.15) is 0 Å². The number of benzene rings is 2. The average molecular weight is 270 g/mol. The average Bonchev–Trinajstić information content (AvgIpc) is 2.47. The Bertz CT molecular complexity index is 611. The minimum Gasteiger partial charge on any atom is -0.378 e. The fourth-order valence-corrected chi connectivity index (χ4v) is 2.23. The van der Waals surface area contributed by atoms with Crippen molar-refractivity contribution in [2.75, 3.05) is 5.32 Å². The van der Waals surface area contributed by atoms with E-state index in [2.05, 4.69) is 24.4 Å². The highest BCUT2D eigenvalue weighted by atomic mass is 16.6. The highest BCUT2D eigenvalue weighted by molar-refractivity contribution is 5.51. The van der Waals surface area contributed by atoms with Gasteiger partial charge in [0.15, 0.2) is 0 Å². The second kappa shape index (κ2) is 6.19. The molecule has 2 rings (SSSR count). The van der Waals surface area contributed by atoms with Gasteiger partial charge in [0, 0.05) is 11.8 Å². The standard InChI is InChI=1S/C16H18N2O2/c1-3-13-7-6-8-14(11-13)17-12(2)15-9-4-5-10-16(15)18(19)20/h4-12,17H,3H2,1-2H3. The van der Waals surface area contributed by atoms with Crippen molar-refractivity contribution < 1.29 is 4.92 Å². The number of aryl methyl sites for hydroxylation is 1. The molecule has 20 heavy (non-hydrogen) atoms. The fraction of sp³-hybridized carbons (Fsp3) is 0.250. The summed E-state index contributed by atoms with van der Waals surface area (Å²) in [7, 11) is 0. The lowest BCUT2D eigenvalue weighted by atomic mass is 10.1. The first-order valence-electron chi connectivity index (χ1n) is 6.70. The van der Waals surface area contributed by atoms with Crippen LogP contribution in [0.3, 0.4) is 0 Å². The Morgan fingerprint density at radius 3 is 2.65 bits per heavy atom. The van der Waals surface area contributed by atoms with Gasteiger partial charge in [0.1, 0.15) is 0 Å². The fourth-order valence-electron chi connectivity index (χ4n) is 2.23. The van der Waals surface area contributed by atoms with E-state index in [0.717, 1.165) is 12.1 Å². The predicted molar refractivity (Wildman–Crippen MR) is 81.0 cm³/mol. The van der Waals surface area contributed by atoms with Crippen LogP contribution in [0.25, 0.3) is 0 Å². The monoisotopic (exact) mass is 270 g/mol.